The summed E-state index contributed by atoms with van der Waals surface area (Å²) in [6, 6.07) is 14.3. The van der Waals surface area contributed by atoms with Crippen LogP contribution in [0.5, 0.6) is 11.5 Å². The van der Waals surface area contributed by atoms with Gasteiger partial charge in [-0.25, -0.2) is 8.42 Å². The zero-order valence-electron chi connectivity index (χ0n) is 16.1. The minimum Gasteiger partial charge on any atom is -0.486 e. The Hall–Kier alpha value is -3.18. The number of benzene rings is 2. The van der Waals surface area contributed by atoms with Crippen molar-refractivity contribution in [3.05, 3.63) is 48.5 Å². The molecule has 5 rings (SSSR count). The number of rotatable bonds is 4. The molecule has 2 aliphatic heterocycles. The van der Waals surface area contributed by atoms with Gasteiger partial charge in [0.25, 0.3) is 0 Å². The molecule has 3 heterocycles. The number of fused-ring (bicyclic) bond motifs is 1. The number of aromatic nitrogens is 4. The normalized spacial score (nSPS) is 17.1. The van der Waals surface area contributed by atoms with Gasteiger partial charge in [0.1, 0.15) is 13.2 Å². The van der Waals surface area contributed by atoms with Crippen LogP contribution in [-0.4, -0.2) is 72.3 Å². The average molecular weight is 428 g/mol. The molecule has 0 bridgehead atoms. The quantitative estimate of drug-likeness (QED) is 0.605. The van der Waals surface area contributed by atoms with Gasteiger partial charge in [0.15, 0.2) is 11.5 Å². The lowest BCUT2D eigenvalue weighted by molar-refractivity contribution is 0.171. The first-order valence-electron chi connectivity index (χ1n) is 9.61. The van der Waals surface area contributed by atoms with Gasteiger partial charge < -0.3 is 14.4 Å². The first-order chi connectivity index (χ1) is 14.6. The molecule has 0 N–H and O–H groups in total. The van der Waals surface area contributed by atoms with Gasteiger partial charge in [-0.3, -0.25) is 0 Å². The van der Waals surface area contributed by atoms with E-state index in [2.05, 4.69) is 15.5 Å². The summed E-state index contributed by atoms with van der Waals surface area (Å²) in [6.07, 6.45) is 0. The minimum absolute atomic E-state index is 0.203. The molecule has 10 nitrogen and oxygen atoms in total. The number of sulfonamides is 1. The Balaban J connectivity index is 1.32. The van der Waals surface area contributed by atoms with Crippen molar-refractivity contribution >= 4 is 16.0 Å². The Morgan fingerprint density at radius 3 is 2.37 bits per heavy atom. The lowest BCUT2D eigenvalue weighted by Crippen LogP contribution is -2.49. The Kier molecular flexibility index (Phi) is 4.75. The van der Waals surface area contributed by atoms with Gasteiger partial charge in [0.05, 0.1) is 10.6 Å². The highest BCUT2D eigenvalue weighted by atomic mass is 32.2. The third kappa shape index (κ3) is 3.35. The summed E-state index contributed by atoms with van der Waals surface area (Å²) in [6.45, 7) is 2.50. The van der Waals surface area contributed by atoms with Crippen LogP contribution in [0.15, 0.2) is 53.4 Å². The summed E-state index contributed by atoms with van der Waals surface area (Å²) in [5.41, 5.74) is 0.851. The van der Waals surface area contributed by atoms with Crippen molar-refractivity contribution in [3.8, 4) is 17.2 Å². The second-order valence-corrected chi connectivity index (χ2v) is 8.86. The summed E-state index contributed by atoms with van der Waals surface area (Å²) < 4.78 is 40.4. The monoisotopic (exact) mass is 428 g/mol. The van der Waals surface area contributed by atoms with Crippen molar-refractivity contribution in [2.24, 2.45) is 0 Å². The summed E-state index contributed by atoms with van der Waals surface area (Å²) in [4.78, 5) is 2.19. The maximum atomic E-state index is 13.1. The van der Waals surface area contributed by atoms with Crippen LogP contribution < -0.4 is 14.4 Å². The number of hydrogen-bond acceptors (Lipinski definition) is 8. The van der Waals surface area contributed by atoms with Crippen LogP contribution >= 0.6 is 0 Å². The minimum atomic E-state index is -3.64. The molecule has 0 radical (unpaired) electrons. The molecule has 30 heavy (non-hydrogen) atoms. The highest BCUT2D eigenvalue weighted by molar-refractivity contribution is 7.89. The fraction of sp³-hybridized carbons (Fsp3) is 0.316. The molecule has 2 aromatic carbocycles. The summed E-state index contributed by atoms with van der Waals surface area (Å²) in [5, 5.41) is 12.0. The van der Waals surface area contributed by atoms with Crippen LogP contribution in [0.2, 0.25) is 0 Å². The highest BCUT2D eigenvalue weighted by Crippen LogP contribution is 2.33. The summed E-state index contributed by atoms with van der Waals surface area (Å²) >= 11 is 0. The van der Waals surface area contributed by atoms with Crippen LogP contribution in [0, 0.1) is 0 Å². The molecule has 0 unspecified atom stereocenters. The zero-order chi connectivity index (χ0) is 20.6. The van der Waals surface area contributed by atoms with Crippen LogP contribution in [0.1, 0.15) is 0 Å². The number of tetrazole rings is 1. The fourth-order valence-corrected chi connectivity index (χ4v) is 5.02. The fourth-order valence-electron chi connectivity index (χ4n) is 3.58. The van der Waals surface area contributed by atoms with Gasteiger partial charge in [-0.1, -0.05) is 23.3 Å². The van der Waals surface area contributed by atoms with E-state index in [0.29, 0.717) is 56.8 Å². The molecule has 3 aromatic rings. The van der Waals surface area contributed by atoms with E-state index in [1.54, 1.807) is 16.8 Å². The average Bonchev–Trinajstić information content (AvgIpc) is 3.29. The van der Waals surface area contributed by atoms with Crippen molar-refractivity contribution in [3.63, 3.8) is 0 Å². The molecule has 156 valence electrons. The molecule has 0 saturated carbocycles. The Labute approximate surface area is 173 Å². The van der Waals surface area contributed by atoms with Crippen molar-refractivity contribution in [2.75, 3.05) is 44.3 Å². The standard InChI is InChI=1S/C19H20N6O4S/c26-30(27,16-6-7-17-18(14-16)29-13-12-28-17)24-10-8-23(9-11-24)19-20-21-22-25(19)15-4-2-1-3-5-15/h1-7,14H,8-13H2. The molecular weight excluding hydrogens is 408 g/mol. The molecule has 0 amide bonds. The van der Waals surface area contributed by atoms with E-state index in [9.17, 15) is 8.42 Å². The van der Waals surface area contributed by atoms with E-state index in [-0.39, 0.29) is 4.90 Å². The second kappa shape index (κ2) is 7.58. The van der Waals surface area contributed by atoms with Crippen LogP contribution in [0.25, 0.3) is 5.69 Å². The molecule has 1 fully saturated rings. The zero-order valence-corrected chi connectivity index (χ0v) is 16.9. The lowest BCUT2D eigenvalue weighted by atomic mass is 10.3. The van der Waals surface area contributed by atoms with Crippen molar-refractivity contribution in [1.82, 2.24) is 24.5 Å². The van der Waals surface area contributed by atoms with E-state index in [1.807, 2.05) is 35.2 Å². The molecule has 0 spiro atoms. The van der Waals surface area contributed by atoms with Gasteiger partial charge >= 0.3 is 0 Å². The molecule has 1 aromatic heterocycles. The van der Waals surface area contributed by atoms with E-state index < -0.39 is 10.0 Å². The smallest absolute Gasteiger partial charge is 0.250 e. The van der Waals surface area contributed by atoms with E-state index >= 15 is 0 Å². The topological polar surface area (TPSA) is 103 Å². The molecular formula is C19H20N6O4S. The molecule has 0 atom stereocenters. The first kappa shape index (κ1) is 18.8. The van der Waals surface area contributed by atoms with E-state index in [1.165, 1.54) is 10.4 Å². The number of ether oxygens (including phenoxy) is 2. The number of piperazine rings is 1. The number of nitrogens with zero attached hydrogens (tertiary/aromatic N) is 6. The predicted octanol–water partition coefficient (Wildman–Crippen LogP) is 0.944. The highest BCUT2D eigenvalue weighted by Gasteiger charge is 2.31. The first-order valence-corrected chi connectivity index (χ1v) is 11.1. The third-order valence-electron chi connectivity index (χ3n) is 5.13. The molecule has 1 saturated heterocycles. The molecule has 11 heteroatoms. The Morgan fingerprint density at radius 1 is 0.867 bits per heavy atom. The Bertz CT molecular complexity index is 1140. The third-order valence-corrected chi connectivity index (χ3v) is 7.02. The molecule has 0 aliphatic carbocycles. The van der Waals surface area contributed by atoms with Gasteiger partial charge in [0.2, 0.25) is 16.0 Å². The molecule has 2 aliphatic rings. The van der Waals surface area contributed by atoms with Gasteiger partial charge in [0, 0.05) is 32.2 Å². The van der Waals surface area contributed by atoms with Crippen LogP contribution in [-0.2, 0) is 10.0 Å². The summed E-state index contributed by atoms with van der Waals surface area (Å²) in [5.74, 6) is 1.62. The van der Waals surface area contributed by atoms with Gasteiger partial charge in [-0.2, -0.15) is 8.99 Å². The SMILES string of the molecule is O=S(=O)(c1ccc2c(c1)OCCO2)N1CCN(c2nnnn2-c2ccccc2)CC1. The van der Waals surface area contributed by atoms with Gasteiger partial charge in [-0.15, -0.1) is 0 Å². The lowest BCUT2D eigenvalue weighted by Gasteiger charge is -2.34. The second-order valence-electron chi connectivity index (χ2n) is 6.92. The summed E-state index contributed by atoms with van der Waals surface area (Å²) in [7, 11) is -3.64. The van der Waals surface area contributed by atoms with Crippen molar-refractivity contribution < 1.29 is 17.9 Å². The Morgan fingerprint density at radius 2 is 1.60 bits per heavy atom. The maximum Gasteiger partial charge on any atom is 0.250 e. The van der Waals surface area contributed by atoms with Crippen LogP contribution in [0.4, 0.5) is 5.95 Å². The number of hydrogen-bond donors (Lipinski definition) is 0. The van der Waals surface area contributed by atoms with Gasteiger partial charge in [-0.05, 0) is 34.7 Å². The van der Waals surface area contributed by atoms with Crippen LogP contribution in [0.3, 0.4) is 0 Å². The maximum absolute atomic E-state index is 13.1. The number of para-hydroxylation sites is 1. The van der Waals surface area contributed by atoms with Crippen molar-refractivity contribution in [1.29, 1.82) is 0 Å². The van der Waals surface area contributed by atoms with Crippen molar-refractivity contribution in [2.45, 2.75) is 4.90 Å². The largest absolute Gasteiger partial charge is 0.486 e. The number of anilines is 1. The van der Waals surface area contributed by atoms with E-state index in [0.717, 1.165) is 5.69 Å². The van der Waals surface area contributed by atoms with E-state index in [4.69, 9.17) is 9.47 Å². The predicted molar refractivity (Wildman–Crippen MR) is 108 cm³/mol.